The van der Waals surface area contributed by atoms with Gasteiger partial charge >= 0.3 is 0 Å². The van der Waals surface area contributed by atoms with Crippen molar-refractivity contribution in [3.63, 3.8) is 0 Å². The van der Waals surface area contributed by atoms with Crippen molar-refractivity contribution in [2.24, 2.45) is 0 Å². The molecule has 0 atom stereocenters. The molecule has 0 amide bonds. The average Bonchev–Trinajstić information content (AvgIpc) is 2.89. The summed E-state index contributed by atoms with van der Waals surface area (Å²) in [5, 5.41) is 5.47. The standard InChI is InChI=1S/C25H22O.C4H4N2/c1-2-6-18(7-3-1)17-26-21-13-10-20-12-14-23-22-9-5-4-8-19(22)11-15-24(23)25(20)16-21;1-2-6-4-3-5-1/h1-3,6-8,10-13,15-16H,4-5,9,14,17H2;1-4H. The minimum absolute atomic E-state index is 0.606. The van der Waals surface area contributed by atoms with E-state index < -0.39 is 0 Å². The van der Waals surface area contributed by atoms with Crippen LogP contribution in [0, 0.1) is 10.4 Å². The number of hydrogen-bond donors (Lipinski definition) is 0. The van der Waals surface area contributed by atoms with Crippen molar-refractivity contribution in [2.45, 2.75) is 32.3 Å². The van der Waals surface area contributed by atoms with E-state index in [4.69, 9.17) is 4.74 Å². The Balaban J connectivity index is 0.000000314. The van der Waals surface area contributed by atoms with E-state index in [2.05, 4.69) is 76.7 Å². The van der Waals surface area contributed by atoms with Gasteiger partial charge in [0.2, 0.25) is 0 Å². The van der Waals surface area contributed by atoms with Crippen LogP contribution in [0.3, 0.4) is 0 Å². The quantitative estimate of drug-likeness (QED) is 0.492. The Labute approximate surface area is 188 Å². The van der Waals surface area contributed by atoms with Crippen molar-refractivity contribution in [3.05, 3.63) is 123 Å². The van der Waals surface area contributed by atoms with Gasteiger partial charge in [0.15, 0.2) is 0 Å². The lowest BCUT2D eigenvalue weighted by atomic mass is 9.89. The molecule has 0 bridgehead atoms. The Kier molecular flexibility index (Phi) is 6.07. The monoisotopic (exact) mass is 418 g/mol. The molecular weight excluding hydrogens is 392 g/mol. The molecule has 158 valence electrons. The lowest BCUT2D eigenvalue weighted by Crippen LogP contribution is -2.19. The van der Waals surface area contributed by atoms with Crippen molar-refractivity contribution in [1.82, 2.24) is 9.97 Å². The molecule has 2 aliphatic rings. The summed E-state index contributed by atoms with van der Waals surface area (Å²) in [5.41, 5.74) is 4.28. The molecule has 3 aromatic carbocycles. The highest BCUT2D eigenvalue weighted by Gasteiger charge is 2.11. The van der Waals surface area contributed by atoms with Gasteiger partial charge in [0, 0.05) is 24.8 Å². The van der Waals surface area contributed by atoms with Crippen LogP contribution in [0.2, 0.25) is 0 Å². The topological polar surface area (TPSA) is 35.0 Å². The van der Waals surface area contributed by atoms with Crippen molar-refractivity contribution >= 4 is 12.2 Å². The van der Waals surface area contributed by atoms with Crippen molar-refractivity contribution in [1.29, 1.82) is 0 Å². The molecule has 0 spiro atoms. The molecule has 4 aromatic rings. The summed E-state index contributed by atoms with van der Waals surface area (Å²) >= 11 is 0. The third-order valence-corrected chi connectivity index (χ3v) is 6.03. The fourth-order valence-corrected chi connectivity index (χ4v) is 4.46. The van der Waals surface area contributed by atoms with Crippen LogP contribution < -0.4 is 15.2 Å². The molecule has 0 saturated heterocycles. The van der Waals surface area contributed by atoms with E-state index in [9.17, 15) is 0 Å². The van der Waals surface area contributed by atoms with E-state index in [1.54, 1.807) is 30.4 Å². The van der Waals surface area contributed by atoms with Crippen LogP contribution in [0.4, 0.5) is 0 Å². The molecule has 0 N–H and O–H groups in total. The number of aromatic nitrogens is 2. The maximum atomic E-state index is 6.07. The molecule has 0 fully saturated rings. The maximum Gasteiger partial charge on any atom is 0.120 e. The van der Waals surface area contributed by atoms with Crippen LogP contribution in [-0.2, 0) is 19.4 Å². The molecule has 2 aliphatic carbocycles. The summed E-state index contributed by atoms with van der Waals surface area (Å²) in [6.45, 7) is 0.606. The Morgan fingerprint density at radius 2 is 1.50 bits per heavy atom. The first-order valence-corrected chi connectivity index (χ1v) is 11.2. The lowest BCUT2D eigenvalue weighted by Gasteiger charge is -2.16. The molecule has 0 radical (unpaired) electrons. The maximum absolute atomic E-state index is 6.07. The zero-order valence-corrected chi connectivity index (χ0v) is 18.1. The van der Waals surface area contributed by atoms with Crippen LogP contribution in [-0.4, -0.2) is 9.97 Å². The fraction of sp³-hybridized carbons (Fsp3) is 0.172. The highest BCUT2D eigenvalue weighted by atomic mass is 16.5. The number of ether oxygens (including phenoxy) is 1. The van der Waals surface area contributed by atoms with Gasteiger partial charge in [-0.15, -0.1) is 0 Å². The number of fused-ring (bicyclic) bond motifs is 4. The first kappa shape index (κ1) is 20.2. The smallest absolute Gasteiger partial charge is 0.120 e. The van der Waals surface area contributed by atoms with Gasteiger partial charge in [-0.2, -0.15) is 0 Å². The van der Waals surface area contributed by atoms with Gasteiger partial charge in [0.25, 0.3) is 0 Å². The van der Waals surface area contributed by atoms with Gasteiger partial charge < -0.3 is 4.74 Å². The Hall–Kier alpha value is -3.72. The van der Waals surface area contributed by atoms with Gasteiger partial charge in [-0.3, -0.25) is 9.97 Å². The van der Waals surface area contributed by atoms with E-state index in [-0.39, 0.29) is 0 Å². The largest absolute Gasteiger partial charge is 0.489 e. The summed E-state index contributed by atoms with van der Waals surface area (Å²) in [4.78, 5) is 7.44. The highest BCUT2D eigenvalue weighted by Crippen LogP contribution is 2.19. The predicted octanol–water partition coefficient (Wildman–Crippen LogP) is 4.48. The molecule has 3 nitrogen and oxygen atoms in total. The number of benzene rings is 3. The van der Waals surface area contributed by atoms with Crippen LogP contribution in [0.25, 0.3) is 12.2 Å². The second kappa shape index (κ2) is 9.61. The van der Waals surface area contributed by atoms with Gasteiger partial charge in [0.1, 0.15) is 12.4 Å². The zero-order chi connectivity index (χ0) is 21.6. The van der Waals surface area contributed by atoms with E-state index in [1.807, 2.05) is 6.07 Å². The van der Waals surface area contributed by atoms with E-state index in [1.165, 1.54) is 51.3 Å². The van der Waals surface area contributed by atoms with Crippen molar-refractivity contribution < 1.29 is 4.74 Å². The minimum Gasteiger partial charge on any atom is -0.489 e. The third kappa shape index (κ3) is 4.47. The molecule has 0 saturated carbocycles. The molecule has 0 aliphatic heterocycles. The van der Waals surface area contributed by atoms with Crippen molar-refractivity contribution in [2.75, 3.05) is 0 Å². The van der Waals surface area contributed by atoms with E-state index >= 15 is 0 Å². The lowest BCUT2D eigenvalue weighted by molar-refractivity contribution is 0.306. The fourth-order valence-electron chi connectivity index (χ4n) is 4.46. The molecule has 3 heteroatoms. The molecule has 1 aromatic heterocycles. The van der Waals surface area contributed by atoms with Crippen molar-refractivity contribution in [3.8, 4) is 5.75 Å². The number of nitrogens with zero attached hydrogens (tertiary/aromatic N) is 2. The average molecular weight is 419 g/mol. The van der Waals surface area contributed by atoms with E-state index in [0.29, 0.717) is 6.61 Å². The second-order valence-corrected chi connectivity index (χ2v) is 8.08. The van der Waals surface area contributed by atoms with Crippen LogP contribution in [0.5, 0.6) is 5.75 Å². The first-order chi connectivity index (χ1) is 15.9. The van der Waals surface area contributed by atoms with E-state index in [0.717, 1.165) is 12.2 Å². The van der Waals surface area contributed by atoms with Gasteiger partial charge in [-0.25, -0.2) is 0 Å². The van der Waals surface area contributed by atoms with Gasteiger partial charge in [0.05, 0.1) is 0 Å². The number of hydrogen-bond acceptors (Lipinski definition) is 3. The van der Waals surface area contributed by atoms with Crippen LogP contribution in [0.15, 0.2) is 85.5 Å². The van der Waals surface area contributed by atoms with Crippen LogP contribution >= 0.6 is 0 Å². The molecule has 32 heavy (non-hydrogen) atoms. The summed E-state index contributed by atoms with van der Waals surface area (Å²) in [7, 11) is 0. The first-order valence-electron chi connectivity index (χ1n) is 11.2. The second-order valence-electron chi connectivity index (χ2n) is 8.08. The van der Waals surface area contributed by atoms with Gasteiger partial charge in [-0.05, 0) is 75.4 Å². The zero-order valence-electron chi connectivity index (χ0n) is 18.1. The minimum atomic E-state index is 0.606. The van der Waals surface area contributed by atoms with Gasteiger partial charge in [-0.1, -0.05) is 60.7 Å². The summed E-state index contributed by atoms with van der Waals surface area (Å²) in [6, 6.07) is 21.5. The van der Waals surface area contributed by atoms with Crippen LogP contribution in [0.1, 0.15) is 29.5 Å². The SMILES string of the molecule is C1=c2ccc3c(c2CCC1)CC=c1ccc(OCc2ccccc2)cc1=3.c1cnccn1. The summed E-state index contributed by atoms with van der Waals surface area (Å²) < 4.78 is 6.07. The normalized spacial score (nSPS) is 13.1. The summed E-state index contributed by atoms with van der Waals surface area (Å²) in [6.07, 6.45) is 16.1. The molecular formula is C29H26N2O. The summed E-state index contributed by atoms with van der Waals surface area (Å²) in [5.74, 6) is 0.943. The Morgan fingerprint density at radius 3 is 2.28 bits per heavy atom. The molecule has 6 rings (SSSR count). The third-order valence-electron chi connectivity index (χ3n) is 6.03. The predicted molar refractivity (Wildman–Crippen MR) is 128 cm³/mol. The highest BCUT2D eigenvalue weighted by molar-refractivity contribution is 5.48. The Bertz CT molecular complexity index is 1390. The molecule has 0 unspecified atom stereocenters. The number of rotatable bonds is 3. The molecule has 1 heterocycles. The Morgan fingerprint density at radius 1 is 0.719 bits per heavy atom.